The molecular weight excluding hydrogens is 220 g/mol. The normalized spacial score (nSPS) is 19.3. The molecule has 1 unspecified atom stereocenters. The van der Waals surface area contributed by atoms with Crippen LogP contribution in [0.2, 0.25) is 0 Å². The number of hydrogen-bond donors (Lipinski definition) is 1. The molecule has 1 atom stereocenters. The average Bonchev–Trinajstić information content (AvgIpc) is 2.42. The fraction of sp³-hybridized carbons (Fsp3) is 1.00. The Kier molecular flexibility index (Phi) is 8.70. The zero-order valence-corrected chi connectivity index (χ0v) is 12.9. The van der Waals surface area contributed by atoms with Gasteiger partial charge in [0.15, 0.2) is 0 Å². The lowest BCUT2D eigenvalue weighted by Crippen LogP contribution is -2.34. The Morgan fingerprint density at radius 2 is 1.89 bits per heavy atom. The van der Waals surface area contributed by atoms with Crippen molar-refractivity contribution >= 4 is 0 Å². The number of unbranched alkanes of at least 4 members (excludes halogenated alkanes) is 1. The molecule has 1 aliphatic carbocycles. The summed E-state index contributed by atoms with van der Waals surface area (Å²) >= 11 is 0. The highest BCUT2D eigenvalue weighted by atomic mass is 15.1. The summed E-state index contributed by atoms with van der Waals surface area (Å²) in [6.07, 6.45) is 12.5. The fourth-order valence-electron chi connectivity index (χ4n) is 3.01. The van der Waals surface area contributed by atoms with Crippen LogP contribution in [0.25, 0.3) is 0 Å². The molecule has 0 aromatic heterocycles. The minimum absolute atomic E-state index is 0.699. The van der Waals surface area contributed by atoms with Gasteiger partial charge in [0.1, 0.15) is 0 Å². The van der Waals surface area contributed by atoms with E-state index in [1.807, 2.05) is 0 Å². The van der Waals surface area contributed by atoms with Crippen LogP contribution in [0.15, 0.2) is 0 Å². The molecule has 0 bridgehead atoms. The minimum Gasteiger partial charge on any atom is -0.314 e. The highest BCUT2D eigenvalue weighted by Gasteiger charge is 2.17. The summed E-state index contributed by atoms with van der Waals surface area (Å²) in [5.74, 6) is 0. The topological polar surface area (TPSA) is 15.3 Å². The van der Waals surface area contributed by atoms with Crippen LogP contribution in [0.3, 0.4) is 0 Å². The van der Waals surface area contributed by atoms with Gasteiger partial charge in [0.05, 0.1) is 0 Å². The van der Waals surface area contributed by atoms with E-state index in [0.717, 1.165) is 6.04 Å². The molecule has 0 heterocycles. The van der Waals surface area contributed by atoms with E-state index in [4.69, 9.17) is 0 Å². The lowest BCUT2D eigenvalue weighted by Gasteiger charge is -2.31. The summed E-state index contributed by atoms with van der Waals surface area (Å²) in [5.41, 5.74) is 0. The number of nitrogens with zero attached hydrogens (tertiary/aromatic N) is 1. The molecule has 0 spiro atoms. The maximum absolute atomic E-state index is 3.57. The first-order chi connectivity index (χ1) is 8.74. The molecule has 0 aromatic rings. The maximum Gasteiger partial charge on any atom is 0.00922 e. The second kappa shape index (κ2) is 9.80. The molecule has 1 aliphatic rings. The summed E-state index contributed by atoms with van der Waals surface area (Å²) in [4.78, 5) is 2.61. The quantitative estimate of drug-likeness (QED) is 0.629. The molecule has 0 radical (unpaired) electrons. The monoisotopic (exact) mass is 254 g/mol. The Labute approximate surface area is 115 Å². The van der Waals surface area contributed by atoms with E-state index in [2.05, 4.69) is 31.1 Å². The Balaban J connectivity index is 1.99. The van der Waals surface area contributed by atoms with E-state index >= 15 is 0 Å². The molecule has 1 N–H and O–H groups in total. The molecule has 0 aromatic carbocycles. The summed E-state index contributed by atoms with van der Waals surface area (Å²) in [6, 6.07) is 1.58. The van der Waals surface area contributed by atoms with Gasteiger partial charge in [-0.3, -0.25) is 0 Å². The van der Waals surface area contributed by atoms with Gasteiger partial charge in [-0.15, -0.1) is 0 Å². The summed E-state index contributed by atoms with van der Waals surface area (Å²) in [7, 11) is 2.33. The highest BCUT2D eigenvalue weighted by molar-refractivity contribution is 4.73. The molecule has 108 valence electrons. The molecule has 1 fully saturated rings. The van der Waals surface area contributed by atoms with Gasteiger partial charge in [-0.25, -0.2) is 0 Å². The van der Waals surface area contributed by atoms with E-state index in [9.17, 15) is 0 Å². The van der Waals surface area contributed by atoms with Crippen LogP contribution >= 0.6 is 0 Å². The molecule has 1 rings (SSSR count). The summed E-state index contributed by atoms with van der Waals surface area (Å²) in [6.45, 7) is 7.02. The van der Waals surface area contributed by atoms with Crippen molar-refractivity contribution in [1.29, 1.82) is 0 Å². The fourth-order valence-corrected chi connectivity index (χ4v) is 3.01. The van der Waals surface area contributed by atoms with Crippen LogP contribution in [0.5, 0.6) is 0 Å². The van der Waals surface area contributed by atoms with Crippen LogP contribution in [-0.2, 0) is 0 Å². The van der Waals surface area contributed by atoms with Crippen molar-refractivity contribution in [2.45, 2.75) is 83.7 Å². The average molecular weight is 254 g/mol. The van der Waals surface area contributed by atoms with Crippen LogP contribution in [0.4, 0.5) is 0 Å². The van der Waals surface area contributed by atoms with Crippen molar-refractivity contribution in [2.24, 2.45) is 0 Å². The minimum atomic E-state index is 0.699. The molecule has 18 heavy (non-hydrogen) atoms. The first-order valence-corrected chi connectivity index (χ1v) is 8.17. The molecule has 0 saturated heterocycles. The lowest BCUT2D eigenvalue weighted by molar-refractivity contribution is 0.188. The first kappa shape index (κ1) is 16.0. The van der Waals surface area contributed by atoms with Crippen LogP contribution < -0.4 is 5.32 Å². The third-order valence-corrected chi connectivity index (χ3v) is 4.34. The molecule has 2 nitrogen and oxygen atoms in total. The number of hydrogen-bond acceptors (Lipinski definition) is 2. The Morgan fingerprint density at radius 3 is 2.56 bits per heavy atom. The molecule has 0 amide bonds. The zero-order valence-electron chi connectivity index (χ0n) is 12.9. The largest absolute Gasteiger partial charge is 0.314 e. The van der Waals surface area contributed by atoms with Crippen molar-refractivity contribution in [3.63, 3.8) is 0 Å². The maximum atomic E-state index is 3.57. The van der Waals surface area contributed by atoms with Gasteiger partial charge in [-0.05, 0) is 59.2 Å². The van der Waals surface area contributed by atoms with E-state index in [-0.39, 0.29) is 0 Å². The Morgan fingerprint density at radius 1 is 1.17 bits per heavy atom. The van der Waals surface area contributed by atoms with Crippen molar-refractivity contribution < 1.29 is 0 Å². The number of nitrogens with one attached hydrogen (secondary N) is 1. The van der Waals surface area contributed by atoms with E-state index in [1.54, 1.807) is 0 Å². The van der Waals surface area contributed by atoms with Gasteiger partial charge in [0.25, 0.3) is 0 Å². The first-order valence-electron chi connectivity index (χ1n) is 8.17. The van der Waals surface area contributed by atoms with Gasteiger partial charge in [0, 0.05) is 12.1 Å². The standard InChI is InChI=1S/C16H34N2/c1-4-13-17-15(2)10-8-9-14-18(3)16-11-6-5-7-12-16/h15-17H,4-14H2,1-3H3. The van der Waals surface area contributed by atoms with Gasteiger partial charge in [0.2, 0.25) is 0 Å². The van der Waals surface area contributed by atoms with E-state index < -0.39 is 0 Å². The second-order valence-electron chi connectivity index (χ2n) is 6.12. The molecular formula is C16H34N2. The van der Waals surface area contributed by atoms with Crippen molar-refractivity contribution in [1.82, 2.24) is 10.2 Å². The van der Waals surface area contributed by atoms with Crippen LogP contribution in [0.1, 0.15) is 71.6 Å². The van der Waals surface area contributed by atoms with Gasteiger partial charge in [-0.1, -0.05) is 32.6 Å². The summed E-state index contributed by atoms with van der Waals surface area (Å²) < 4.78 is 0. The smallest absolute Gasteiger partial charge is 0.00922 e. The summed E-state index contributed by atoms with van der Waals surface area (Å²) in [5, 5.41) is 3.57. The molecule has 1 saturated carbocycles. The lowest BCUT2D eigenvalue weighted by atomic mass is 9.94. The third kappa shape index (κ3) is 6.75. The highest BCUT2D eigenvalue weighted by Crippen LogP contribution is 2.21. The third-order valence-electron chi connectivity index (χ3n) is 4.34. The predicted octanol–water partition coefficient (Wildman–Crippen LogP) is 3.81. The second-order valence-corrected chi connectivity index (χ2v) is 6.12. The van der Waals surface area contributed by atoms with Gasteiger partial charge < -0.3 is 10.2 Å². The van der Waals surface area contributed by atoms with Crippen molar-refractivity contribution in [2.75, 3.05) is 20.1 Å². The van der Waals surface area contributed by atoms with E-state index in [1.165, 1.54) is 70.9 Å². The van der Waals surface area contributed by atoms with Crippen LogP contribution in [-0.4, -0.2) is 37.1 Å². The van der Waals surface area contributed by atoms with Gasteiger partial charge in [-0.2, -0.15) is 0 Å². The molecule has 0 aliphatic heterocycles. The van der Waals surface area contributed by atoms with E-state index in [0.29, 0.717) is 6.04 Å². The Bertz CT molecular complexity index is 188. The van der Waals surface area contributed by atoms with Gasteiger partial charge >= 0.3 is 0 Å². The molecule has 2 heteroatoms. The van der Waals surface area contributed by atoms with Crippen molar-refractivity contribution in [3.8, 4) is 0 Å². The predicted molar refractivity (Wildman–Crippen MR) is 81.1 cm³/mol. The SMILES string of the molecule is CCCNC(C)CCCCN(C)C1CCCCC1. The zero-order chi connectivity index (χ0) is 13.2. The van der Waals surface area contributed by atoms with Crippen LogP contribution in [0, 0.1) is 0 Å². The number of rotatable bonds is 9. The Hall–Kier alpha value is -0.0800. The van der Waals surface area contributed by atoms with Crippen molar-refractivity contribution in [3.05, 3.63) is 0 Å².